The van der Waals surface area contributed by atoms with Crippen LogP contribution in [-0.4, -0.2) is 23.8 Å². The molecular formula is C12H19BrN2O2S. The SMILES string of the molecule is CC(O)CC(C)CNC(=O)NCc1cc(Br)cs1. The van der Waals surface area contributed by atoms with Gasteiger partial charge in [-0.2, -0.15) is 0 Å². The van der Waals surface area contributed by atoms with Crippen LogP contribution in [0.3, 0.4) is 0 Å². The van der Waals surface area contributed by atoms with Crippen LogP contribution in [0.1, 0.15) is 25.1 Å². The van der Waals surface area contributed by atoms with Crippen LogP contribution < -0.4 is 10.6 Å². The molecule has 0 spiro atoms. The number of urea groups is 1. The highest BCUT2D eigenvalue weighted by Gasteiger charge is 2.08. The van der Waals surface area contributed by atoms with Gasteiger partial charge in [-0.15, -0.1) is 11.3 Å². The number of carbonyl (C=O) groups is 1. The predicted octanol–water partition coefficient (Wildman–Crippen LogP) is 2.72. The van der Waals surface area contributed by atoms with Crippen LogP contribution in [0.15, 0.2) is 15.9 Å². The fraction of sp³-hybridized carbons (Fsp3) is 0.583. The first-order chi connectivity index (χ1) is 8.47. The number of halogens is 1. The zero-order chi connectivity index (χ0) is 13.5. The molecule has 0 aliphatic heterocycles. The lowest BCUT2D eigenvalue weighted by molar-refractivity contribution is 0.163. The third kappa shape index (κ3) is 6.37. The van der Waals surface area contributed by atoms with Gasteiger partial charge in [0.05, 0.1) is 12.6 Å². The van der Waals surface area contributed by atoms with Gasteiger partial charge in [-0.1, -0.05) is 6.92 Å². The molecule has 0 radical (unpaired) electrons. The van der Waals surface area contributed by atoms with Crippen LogP contribution in [0, 0.1) is 5.92 Å². The molecule has 1 heterocycles. The molecule has 18 heavy (non-hydrogen) atoms. The van der Waals surface area contributed by atoms with Crippen LogP contribution in [0.5, 0.6) is 0 Å². The highest BCUT2D eigenvalue weighted by Crippen LogP contribution is 2.19. The van der Waals surface area contributed by atoms with E-state index in [9.17, 15) is 9.90 Å². The van der Waals surface area contributed by atoms with Gasteiger partial charge in [0, 0.05) is 21.3 Å². The van der Waals surface area contributed by atoms with Crippen molar-refractivity contribution in [1.29, 1.82) is 0 Å². The van der Waals surface area contributed by atoms with Crippen LogP contribution >= 0.6 is 27.3 Å². The van der Waals surface area contributed by atoms with E-state index in [1.165, 1.54) is 0 Å². The number of hydrogen-bond acceptors (Lipinski definition) is 3. The maximum absolute atomic E-state index is 11.5. The van der Waals surface area contributed by atoms with Gasteiger partial charge in [0.2, 0.25) is 0 Å². The van der Waals surface area contributed by atoms with Gasteiger partial charge in [0.15, 0.2) is 0 Å². The van der Waals surface area contributed by atoms with Gasteiger partial charge < -0.3 is 15.7 Å². The zero-order valence-corrected chi connectivity index (χ0v) is 13.0. The Labute approximate surface area is 120 Å². The van der Waals surface area contributed by atoms with Gasteiger partial charge in [0.1, 0.15) is 0 Å². The molecule has 2 unspecified atom stereocenters. The number of nitrogens with one attached hydrogen (secondary N) is 2. The second-order valence-corrected chi connectivity index (χ2v) is 6.40. The van der Waals surface area contributed by atoms with Crippen molar-refractivity contribution in [3.63, 3.8) is 0 Å². The molecular weight excluding hydrogens is 316 g/mol. The van der Waals surface area contributed by atoms with Crippen LogP contribution in [0.25, 0.3) is 0 Å². The Balaban J connectivity index is 2.18. The smallest absolute Gasteiger partial charge is 0.315 e. The summed E-state index contributed by atoms with van der Waals surface area (Å²) in [5, 5.41) is 16.8. The molecule has 1 aromatic rings. The molecule has 0 bridgehead atoms. The fourth-order valence-electron chi connectivity index (χ4n) is 1.61. The average Bonchev–Trinajstić information content (AvgIpc) is 2.69. The van der Waals surface area contributed by atoms with Crippen molar-refractivity contribution in [2.24, 2.45) is 5.92 Å². The Hall–Kier alpha value is -0.590. The van der Waals surface area contributed by atoms with Gasteiger partial charge in [0.25, 0.3) is 0 Å². The maximum Gasteiger partial charge on any atom is 0.315 e. The number of hydrogen-bond donors (Lipinski definition) is 3. The third-order valence-corrected chi connectivity index (χ3v) is 4.10. The molecule has 1 aromatic heterocycles. The molecule has 0 fully saturated rings. The van der Waals surface area contributed by atoms with E-state index in [4.69, 9.17) is 0 Å². The van der Waals surface area contributed by atoms with Crippen molar-refractivity contribution in [3.8, 4) is 0 Å². The second-order valence-electron chi connectivity index (χ2n) is 4.48. The molecule has 0 aliphatic carbocycles. The first kappa shape index (κ1) is 15.5. The minimum absolute atomic E-state index is 0.169. The zero-order valence-electron chi connectivity index (χ0n) is 10.6. The lowest BCUT2D eigenvalue weighted by Gasteiger charge is -2.14. The summed E-state index contributed by atoms with van der Waals surface area (Å²) in [6.07, 6.45) is 0.367. The molecule has 4 nitrogen and oxygen atoms in total. The Morgan fingerprint density at radius 3 is 2.78 bits per heavy atom. The fourth-order valence-corrected chi connectivity index (χ4v) is 3.00. The van der Waals surface area contributed by atoms with Crippen LogP contribution in [0.2, 0.25) is 0 Å². The van der Waals surface area contributed by atoms with E-state index >= 15 is 0 Å². The molecule has 0 aliphatic rings. The first-order valence-electron chi connectivity index (χ1n) is 5.90. The molecule has 1 rings (SSSR count). The topological polar surface area (TPSA) is 61.4 Å². The summed E-state index contributed by atoms with van der Waals surface area (Å²) in [7, 11) is 0. The average molecular weight is 335 g/mol. The summed E-state index contributed by atoms with van der Waals surface area (Å²) in [6, 6.07) is 1.82. The third-order valence-electron chi connectivity index (χ3n) is 2.40. The van der Waals surface area contributed by atoms with Gasteiger partial charge in [-0.25, -0.2) is 4.79 Å². The van der Waals surface area contributed by atoms with Gasteiger partial charge >= 0.3 is 6.03 Å². The summed E-state index contributed by atoms with van der Waals surface area (Å²) >= 11 is 4.97. The largest absolute Gasteiger partial charge is 0.393 e. The summed E-state index contributed by atoms with van der Waals surface area (Å²) in [6.45, 7) is 4.87. The number of thiophene rings is 1. The van der Waals surface area contributed by atoms with Crippen molar-refractivity contribution < 1.29 is 9.90 Å². The number of rotatable bonds is 6. The molecule has 0 saturated carbocycles. The molecule has 2 amide bonds. The molecule has 3 N–H and O–H groups in total. The van der Waals surface area contributed by atoms with Crippen LogP contribution in [0.4, 0.5) is 4.79 Å². The normalized spacial score (nSPS) is 14.0. The highest BCUT2D eigenvalue weighted by atomic mass is 79.9. The number of aliphatic hydroxyl groups excluding tert-OH is 1. The first-order valence-corrected chi connectivity index (χ1v) is 7.57. The minimum Gasteiger partial charge on any atom is -0.393 e. The Bertz CT molecular complexity index is 382. The van der Waals surface area contributed by atoms with E-state index in [2.05, 4.69) is 26.6 Å². The van der Waals surface area contributed by atoms with Crippen molar-refractivity contribution >= 4 is 33.3 Å². The number of amides is 2. The number of aliphatic hydroxyl groups is 1. The summed E-state index contributed by atoms with van der Waals surface area (Å²) in [5.41, 5.74) is 0. The van der Waals surface area contributed by atoms with E-state index in [1.807, 2.05) is 18.4 Å². The van der Waals surface area contributed by atoms with Crippen molar-refractivity contribution in [2.75, 3.05) is 6.54 Å². The van der Waals surface area contributed by atoms with Gasteiger partial charge in [-0.05, 0) is 41.3 Å². The molecule has 102 valence electrons. The van der Waals surface area contributed by atoms with E-state index < -0.39 is 0 Å². The van der Waals surface area contributed by atoms with Crippen molar-refractivity contribution in [2.45, 2.75) is 32.9 Å². The van der Waals surface area contributed by atoms with Crippen LogP contribution in [-0.2, 0) is 6.54 Å². The Morgan fingerprint density at radius 2 is 2.22 bits per heavy atom. The highest BCUT2D eigenvalue weighted by molar-refractivity contribution is 9.10. The van der Waals surface area contributed by atoms with E-state index in [0.717, 1.165) is 9.35 Å². The molecule has 6 heteroatoms. The standard InChI is InChI=1S/C12H19BrN2O2S/c1-8(3-9(2)16)5-14-12(17)15-6-11-4-10(13)7-18-11/h4,7-9,16H,3,5-6H2,1-2H3,(H2,14,15,17). The van der Waals surface area contributed by atoms with Gasteiger partial charge in [-0.3, -0.25) is 0 Å². The molecule has 0 saturated heterocycles. The van der Waals surface area contributed by atoms with E-state index in [0.29, 0.717) is 19.5 Å². The Morgan fingerprint density at radius 1 is 1.50 bits per heavy atom. The monoisotopic (exact) mass is 334 g/mol. The van der Waals surface area contributed by atoms with E-state index in [1.54, 1.807) is 18.3 Å². The second kappa shape index (κ2) is 7.76. The summed E-state index contributed by atoms with van der Waals surface area (Å²) < 4.78 is 1.04. The number of carbonyl (C=O) groups excluding carboxylic acids is 1. The lowest BCUT2D eigenvalue weighted by Crippen LogP contribution is -2.37. The maximum atomic E-state index is 11.5. The Kier molecular flexibility index (Phi) is 6.67. The lowest BCUT2D eigenvalue weighted by atomic mass is 10.1. The van der Waals surface area contributed by atoms with Crippen molar-refractivity contribution in [3.05, 3.63) is 20.8 Å². The predicted molar refractivity (Wildman–Crippen MR) is 77.7 cm³/mol. The summed E-state index contributed by atoms with van der Waals surface area (Å²) in [4.78, 5) is 12.6. The molecule has 2 atom stereocenters. The molecule has 0 aromatic carbocycles. The van der Waals surface area contributed by atoms with Crippen molar-refractivity contribution in [1.82, 2.24) is 10.6 Å². The quantitative estimate of drug-likeness (QED) is 0.749. The summed E-state index contributed by atoms with van der Waals surface area (Å²) in [5.74, 6) is 0.270. The van der Waals surface area contributed by atoms with E-state index in [-0.39, 0.29) is 18.1 Å². The minimum atomic E-state index is -0.326.